The Bertz CT molecular complexity index is 160. The number of rotatable bonds is 7. The van der Waals surface area contributed by atoms with Crippen LogP contribution in [0.1, 0.15) is 52.4 Å². The van der Waals surface area contributed by atoms with Gasteiger partial charge in [0.05, 0.1) is 0 Å². The summed E-state index contributed by atoms with van der Waals surface area (Å²) in [5.41, 5.74) is 4.54. The van der Waals surface area contributed by atoms with Gasteiger partial charge >= 0.3 is 5.97 Å². The van der Waals surface area contributed by atoms with Crippen LogP contribution in [-0.4, -0.2) is 16.6 Å². The average molecular weight is 224 g/mol. The second-order valence-corrected chi connectivity index (χ2v) is 3.89. The zero-order valence-corrected chi connectivity index (χ0v) is 9.90. The molecule has 0 saturated heterocycles. The van der Waals surface area contributed by atoms with Crippen molar-refractivity contribution >= 4 is 18.4 Å². The fourth-order valence-corrected chi connectivity index (χ4v) is 1.20. The van der Waals surface area contributed by atoms with Crippen LogP contribution >= 0.6 is 12.4 Å². The van der Waals surface area contributed by atoms with Crippen LogP contribution in [-0.2, 0) is 4.79 Å². The third-order valence-electron chi connectivity index (χ3n) is 2.29. The van der Waals surface area contributed by atoms with Crippen molar-refractivity contribution in [3.63, 3.8) is 0 Å². The smallest absolute Gasteiger partial charge is 0.323 e. The van der Waals surface area contributed by atoms with Gasteiger partial charge in [0.15, 0.2) is 0 Å². The van der Waals surface area contributed by atoms with Crippen molar-refractivity contribution in [3.05, 3.63) is 0 Å². The fraction of sp³-hybridized carbons (Fsp3) is 0.900. The van der Waals surface area contributed by atoms with Gasteiger partial charge in [-0.2, -0.15) is 0 Å². The van der Waals surface area contributed by atoms with E-state index in [0.717, 1.165) is 12.8 Å². The normalized spacial score (nSPS) is 14.2. The number of carboxylic acid groups (broad SMARTS) is 1. The summed E-state index contributed by atoms with van der Waals surface area (Å²) in [5.74, 6) is -0.900. The van der Waals surface area contributed by atoms with Crippen molar-refractivity contribution in [2.75, 3.05) is 0 Å². The summed E-state index contributed by atoms with van der Waals surface area (Å²) in [5, 5.41) is 8.72. The topological polar surface area (TPSA) is 63.3 Å². The summed E-state index contributed by atoms with van der Waals surface area (Å²) >= 11 is 0. The van der Waals surface area contributed by atoms with Crippen molar-refractivity contribution in [2.45, 2.75) is 57.9 Å². The van der Waals surface area contributed by atoms with E-state index in [1.165, 1.54) is 19.3 Å². The van der Waals surface area contributed by atoms with E-state index in [2.05, 4.69) is 6.92 Å². The quantitative estimate of drug-likeness (QED) is 0.652. The molecule has 0 spiro atoms. The van der Waals surface area contributed by atoms with Gasteiger partial charge in [0.1, 0.15) is 5.54 Å². The molecule has 0 aliphatic rings. The lowest BCUT2D eigenvalue weighted by Gasteiger charge is -2.18. The van der Waals surface area contributed by atoms with Crippen LogP contribution in [0, 0.1) is 0 Å². The van der Waals surface area contributed by atoms with Crippen molar-refractivity contribution < 1.29 is 9.90 Å². The Morgan fingerprint density at radius 3 is 2.21 bits per heavy atom. The highest BCUT2D eigenvalue weighted by Crippen LogP contribution is 2.13. The number of carbonyl (C=O) groups is 1. The third-order valence-corrected chi connectivity index (χ3v) is 2.29. The second kappa shape index (κ2) is 8.06. The van der Waals surface area contributed by atoms with E-state index in [-0.39, 0.29) is 12.4 Å². The maximum atomic E-state index is 10.6. The van der Waals surface area contributed by atoms with E-state index in [1.807, 2.05) is 0 Å². The van der Waals surface area contributed by atoms with E-state index in [1.54, 1.807) is 6.92 Å². The Balaban J connectivity index is 0. The van der Waals surface area contributed by atoms with Crippen molar-refractivity contribution in [2.24, 2.45) is 5.73 Å². The highest BCUT2D eigenvalue weighted by Gasteiger charge is 2.26. The minimum Gasteiger partial charge on any atom is -0.480 e. The molecule has 14 heavy (non-hydrogen) atoms. The lowest BCUT2D eigenvalue weighted by atomic mass is 9.95. The number of nitrogens with two attached hydrogens (primary N) is 1. The molecule has 3 N–H and O–H groups in total. The number of hydrogen-bond donors (Lipinski definition) is 2. The average Bonchev–Trinajstić information content (AvgIpc) is 2.03. The zero-order valence-electron chi connectivity index (χ0n) is 9.08. The summed E-state index contributed by atoms with van der Waals surface area (Å²) < 4.78 is 0. The van der Waals surface area contributed by atoms with Crippen molar-refractivity contribution in [3.8, 4) is 0 Å². The Morgan fingerprint density at radius 2 is 1.79 bits per heavy atom. The summed E-state index contributed by atoms with van der Waals surface area (Å²) in [6, 6.07) is 0. The van der Waals surface area contributed by atoms with E-state index in [9.17, 15) is 4.79 Å². The SMILES string of the molecule is CCCCCCCC(C)(N)C(=O)O.Cl. The van der Waals surface area contributed by atoms with E-state index in [4.69, 9.17) is 10.8 Å². The van der Waals surface area contributed by atoms with Gasteiger partial charge in [-0.05, 0) is 13.3 Å². The van der Waals surface area contributed by atoms with Crippen LogP contribution in [0.2, 0.25) is 0 Å². The maximum absolute atomic E-state index is 10.6. The van der Waals surface area contributed by atoms with Gasteiger partial charge in [-0.15, -0.1) is 12.4 Å². The van der Waals surface area contributed by atoms with E-state index < -0.39 is 11.5 Å². The first kappa shape index (κ1) is 16.2. The van der Waals surface area contributed by atoms with Crippen LogP contribution in [0.3, 0.4) is 0 Å². The highest BCUT2D eigenvalue weighted by atomic mass is 35.5. The number of unbranched alkanes of at least 4 members (excludes halogenated alkanes) is 4. The maximum Gasteiger partial charge on any atom is 0.323 e. The molecular weight excluding hydrogens is 202 g/mol. The largest absolute Gasteiger partial charge is 0.480 e. The molecule has 3 nitrogen and oxygen atoms in total. The number of hydrogen-bond acceptors (Lipinski definition) is 2. The van der Waals surface area contributed by atoms with E-state index >= 15 is 0 Å². The van der Waals surface area contributed by atoms with Crippen LogP contribution in [0.5, 0.6) is 0 Å². The third kappa shape index (κ3) is 7.15. The van der Waals surface area contributed by atoms with Gasteiger partial charge in [0, 0.05) is 0 Å². The Hall–Kier alpha value is -0.280. The molecule has 86 valence electrons. The first-order chi connectivity index (χ1) is 6.00. The summed E-state index contributed by atoms with van der Waals surface area (Å²) in [7, 11) is 0. The molecule has 0 aliphatic heterocycles. The molecule has 4 heteroatoms. The Morgan fingerprint density at radius 1 is 1.29 bits per heavy atom. The van der Waals surface area contributed by atoms with Crippen LogP contribution < -0.4 is 5.73 Å². The molecule has 0 rings (SSSR count). The first-order valence-electron chi connectivity index (χ1n) is 5.03. The van der Waals surface area contributed by atoms with Crippen molar-refractivity contribution in [1.29, 1.82) is 0 Å². The van der Waals surface area contributed by atoms with Crippen LogP contribution in [0.15, 0.2) is 0 Å². The minimum absolute atomic E-state index is 0. The molecule has 0 aromatic rings. The van der Waals surface area contributed by atoms with Crippen LogP contribution in [0.25, 0.3) is 0 Å². The minimum atomic E-state index is -1.04. The van der Waals surface area contributed by atoms with Gasteiger partial charge < -0.3 is 10.8 Å². The molecule has 0 heterocycles. The van der Waals surface area contributed by atoms with Crippen LogP contribution in [0.4, 0.5) is 0 Å². The Labute approximate surface area is 92.5 Å². The predicted molar refractivity (Wildman–Crippen MR) is 60.9 cm³/mol. The lowest BCUT2D eigenvalue weighted by molar-refractivity contribution is -0.142. The number of halogens is 1. The summed E-state index contributed by atoms with van der Waals surface area (Å²) in [4.78, 5) is 10.6. The molecule has 0 bridgehead atoms. The molecule has 0 aromatic heterocycles. The number of carboxylic acids is 1. The molecule has 0 amide bonds. The molecule has 0 radical (unpaired) electrons. The van der Waals surface area contributed by atoms with Crippen molar-refractivity contribution in [1.82, 2.24) is 0 Å². The highest BCUT2D eigenvalue weighted by molar-refractivity contribution is 5.85. The van der Waals surface area contributed by atoms with Gasteiger partial charge in [0.2, 0.25) is 0 Å². The monoisotopic (exact) mass is 223 g/mol. The van der Waals surface area contributed by atoms with Gasteiger partial charge in [-0.3, -0.25) is 4.79 Å². The molecule has 0 aliphatic carbocycles. The first-order valence-corrected chi connectivity index (χ1v) is 5.03. The van der Waals surface area contributed by atoms with Gasteiger partial charge in [-0.25, -0.2) is 0 Å². The summed E-state index contributed by atoms with van der Waals surface area (Å²) in [6.45, 7) is 3.74. The Kier molecular flexibility index (Phi) is 9.31. The fourth-order valence-electron chi connectivity index (χ4n) is 1.20. The van der Waals surface area contributed by atoms with Gasteiger partial charge in [0.25, 0.3) is 0 Å². The lowest BCUT2D eigenvalue weighted by Crippen LogP contribution is -2.44. The molecule has 0 aromatic carbocycles. The molecule has 1 unspecified atom stereocenters. The standard InChI is InChI=1S/C10H21NO2.ClH/c1-3-4-5-6-7-8-10(2,11)9(12)13;/h3-8,11H2,1-2H3,(H,12,13);1H. The summed E-state index contributed by atoms with van der Waals surface area (Å²) in [6.07, 6.45) is 6.21. The molecule has 1 atom stereocenters. The molecule has 0 fully saturated rings. The second-order valence-electron chi connectivity index (χ2n) is 3.89. The number of aliphatic carboxylic acids is 1. The van der Waals surface area contributed by atoms with E-state index in [0.29, 0.717) is 6.42 Å². The predicted octanol–water partition coefficient (Wildman–Crippen LogP) is 2.57. The molecule has 0 saturated carbocycles. The molecular formula is C10H22ClNO2. The van der Waals surface area contributed by atoms with Gasteiger partial charge in [-0.1, -0.05) is 39.0 Å². The zero-order chi connectivity index (χ0) is 10.3.